The first-order valence-corrected chi connectivity index (χ1v) is 10.2. The van der Waals surface area contributed by atoms with Crippen LogP contribution in [-0.2, 0) is 6.73 Å². The third kappa shape index (κ3) is 5.74. The summed E-state index contributed by atoms with van der Waals surface area (Å²) in [4.78, 5) is 12.5. The van der Waals surface area contributed by atoms with Crippen LogP contribution in [0.4, 0.5) is 14.5 Å². The Morgan fingerprint density at radius 3 is 2.36 bits per heavy atom. The highest BCUT2D eigenvalue weighted by molar-refractivity contribution is 6.03. The zero-order valence-electron chi connectivity index (χ0n) is 17.7. The van der Waals surface area contributed by atoms with Gasteiger partial charge in [-0.25, -0.2) is 4.68 Å². The Balaban J connectivity index is 1.34. The Morgan fingerprint density at radius 2 is 1.67 bits per heavy atom. The molecule has 8 heteroatoms. The van der Waals surface area contributed by atoms with Gasteiger partial charge in [-0.05, 0) is 60.0 Å². The van der Waals surface area contributed by atoms with Crippen molar-refractivity contribution in [3.05, 3.63) is 96.3 Å². The molecule has 0 atom stereocenters. The van der Waals surface area contributed by atoms with Crippen molar-refractivity contribution in [3.8, 4) is 22.6 Å². The number of aromatic nitrogens is 2. The standard InChI is InChI=1S/C25H21F2N3O3/c1-17-15-21(33-25(26)27)11-12-22(17)28-24(31)23-13-14-30(29-23)16-32-20-9-7-19(8-10-20)18-5-3-2-4-6-18/h2-15,25H,16H2,1H3,(H,28,31). The highest BCUT2D eigenvalue weighted by Gasteiger charge is 2.13. The maximum atomic E-state index is 12.5. The highest BCUT2D eigenvalue weighted by Crippen LogP contribution is 2.24. The molecule has 1 heterocycles. The minimum atomic E-state index is -2.90. The number of hydrogen-bond donors (Lipinski definition) is 1. The van der Waals surface area contributed by atoms with Gasteiger partial charge in [0.25, 0.3) is 5.91 Å². The number of anilines is 1. The van der Waals surface area contributed by atoms with Gasteiger partial charge in [0.1, 0.15) is 11.5 Å². The van der Waals surface area contributed by atoms with E-state index in [-0.39, 0.29) is 18.2 Å². The van der Waals surface area contributed by atoms with E-state index < -0.39 is 12.5 Å². The third-order valence-electron chi connectivity index (χ3n) is 4.87. The zero-order chi connectivity index (χ0) is 23.2. The number of alkyl halides is 2. The summed E-state index contributed by atoms with van der Waals surface area (Å²) in [5.74, 6) is 0.281. The molecular weight excluding hydrogens is 428 g/mol. The van der Waals surface area contributed by atoms with E-state index in [9.17, 15) is 13.6 Å². The minimum absolute atomic E-state index is 0.0266. The van der Waals surface area contributed by atoms with Gasteiger partial charge >= 0.3 is 6.61 Å². The van der Waals surface area contributed by atoms with E-state index in [4.69, 9.17) is 4.74 Å². The van der Waals surface area contributed by atoms with Crippen LogP contribution in [0.1, 0.15) is 16.1 Å². The van der Waals surface area contributed by atoms with Crippen LogP contribution < -0.4 is 14.8 Å². The molecule has 4 rings (SSSR count). The van der Waals surface area contributed by atoms with Crippen molar-refractivity contribution >= 4 is 11.6 Å². The molecule has 0 saturated carbocycles. The summed E-state index contributed by atoms with van der Waals surface area (Å²) in [6.07, 6.45) is 1.64. The second-order valence-corrected chi connectivity index (χ2v) is 7.21. The first-order valence-electron chi connectivity index (χ1n) is 10.2. The van der Waals surface area contributed by atoms with Crippen molar-refractivity contribution in [2.24, 2.45) is 0 Å². The van der Waals surface area contributed by atoms with E-state index in [1.807, 2.05) is 54.6 Å². The van der Waals surface area contributed by atoms with E-state index in [1.54, 1.807) is 19.2 Å². The molecule has 0 saturated heterocycles. The van der Waals surface area contributed by atoms with Gasteiger partial charge < -0.3 is 14.8 Å². The zero-order valence-corrected chi connectivity index (χ0v) is 17.7. The molecule has 0 aliphatic heterocycles. The molecular formula is C25H21F2N3O3. The van der Waals surface area contributed by atoms with Crippen LogP contribution in [0.3, 0.4) is 0 Å². The fraction of sp³-hybridized carbons (Fsp3) is 0.120. The van der Waals surface area contributed by atoms with Crippen molar-refractivity contribution in [1.82, 2.24) is 9.78 Å². The first kappa shape index (κ1) is 22.0. The van der Waals surface area contributed by atoms with Crippen molar-refractivity contribution < 1.29 is 23.0 Å². The van der Waals surface area contributed by atoms with Crippen LogP contribution in [-0.4, -0.2) is 22.3 Å². The van der Waals surface area contributed by atoms with Crippen LogP contribution >= 0.6 is 0 Å². The lowest BCUT2D eigenvalue weighted by atomic mass is 10.1. The summed E-state index contributed by atoms with van der Waals surface area (Å²) >= 11 is 0. The van der Waals surface area contributed by atoms with Crippen molar-refractivity contribution in [3.63, 3.8) is 0 Å². The molecule has 0 aliphatic rings. The summed E-state index contributed by atoms with van der Waals surface area (Å²) in [7, 11) is 0. The second-order valence-electron chi connectivity index (χ2n) is 7.21. The van der Waals surface area contributed by atoms with Crippen molar-refractivity contribution in [1.29, 1.82) is 0 Å². The quantitative estimate of drug-likeness (QED) is 0.372. The number of amides is 1. The number of halogens is 2. The molecule has 1 N–H and O–H groups in total. The second kappa shape index (κ2) is 9.95. The molecule has 1 aromatic heterocycles. The van der Waals surface area contributed by atoms with E-state index >= 15 is 0 Å². The van der Waals surface area contributed by atoms with Crippen LogP contribution in [0.2, 0.25) is 0 Å². The van der Waals surface area contributed by atoms with Gasteiger partial charge in [-0.3, -0.25) is 4.79 Å². The molecule has 0 bridgehead atoms. The summed E-state index contributed by atoms with van der Waals surface area (Å²) in [5, 5.41) is 6.95. The summed E-state index contributed by atoms with van der Waals surface area (Å²) in [6.45, 7) is -1.09. The Hall–Kier alpha value is -4.20. The minimum Gasteiger partial charge on any atom is -0.471 e. The van der Waals surface area contributed by atoms with Gasteiger partial charge in [-0.2, -0.15) is 13.9 Å². The molecule has 33 heavy (non-hydrogen) atoms. The van der Waals surface area contributed by atoms with Crippen LogP contribution in [0.15, 0.2) is 85.1 Å². The molecule has 0 spiro atoms. The lowest BCUT2D eigenvalue weighted by Crippen LogP contribution is -2.15. The molecule has 4 aromatic rings. The highest BCUT2D eigenvalue weighted by atomic mass is 19.3. The van der Waals surface area contributed by atoms with Gasteiger partial charge in [-0.15, -0.1) is 0 Å². The molecule has 3 aromatic carbocycles. The summed E-state index contributed by atoms with van der Waals surface area (Å²) in [6, 6.07) is 23.6. The van der Waals surface area contributed by atoms with E-state index in [2.05, 4.69) is 15.2 Å². The van der Waals surface area contributed by atoms with Gasteiger partial charge in [0.05, 0.1) is 0 Å². The smallest absolute Gasteiger partial charge is 0.387 e. The largest absolute Gasteiger partial charge is 0.471 e. The fourth-order valence-electron chi connectivity index (χ4n) is 3.21. The number of nitrogens with zero attached hydrogens (tertiary/aromatic N) is 2. The van der Waals surface area contributed by atoms with E-state index in [1.165, 1.54) is 22.9 Å². The Morgan fingerprint density at radius 1 is 0.970 bits per heavy atom. The number of hydrogen-bond acceptors (Lipinski definition) is 4. The number of carbonyl (C=O) groups excluding carboxylic acids is 1. The van der Waals surface area contributed by atoms with Gasteiger partial charge in [0, 0.05) is 11.9 Å². The number of ether oxygens (including phenoxy) is 2. The molecule has 0 aliphatic carbocycles. The lowest BCUT2D eigenvalue weighted by Gasteiger charge is -2.10. The number of aryl methyl sites for hydroxylation is 1. The Labute approximate surface area is 189 Å². The fourth-order valence-corrected chi connectivity index (χ4v) is 3.21. The Kier molecular flexibility index (Phi) is 6.64. The average molecular weight is 449 g/mol. The van der Waals surface area contributed by atoms with E-state index in [0.717, 1.165) is 11.1 Å². The van der Waals surface area contributed by atoms with E-state index in [0.29, 0.717) is 17.0 Å². The maximum absolute atomic E-state index is 12.5. The number of nitrogens with one attached hydrogen (secondary N) is 1. The predicted octanol–water partition coefficient (Wildman–Crippen LogP) is 5.75. The summed E-state index contributed by atoms with van der Waals surface area (Å²) in [5.41, 5.74) is 3.47. The third-order valence-corrected chi connectivity index (χ3v) is 4.87. The van der Waals surface area contributed by atoms with Crippen molar-refractivity contribution in [2.75, 3.05) is 5.32 Å². The normalized spacial score (nSPS) is 10.8. The molecule has 0 fully saturated rings. The maximum Gasteiger partial charge on any atom is 0.387 e. The number of benzene rings is 3. The molecule has 0 unspecified atom stereocenters. The molecule has 0 radical (unpaired) electrons. The van der Waals surface area contributed by atoms with Crippen molar-refractivity contribution in [2.45, 2.75) is 20.3 Å². The topological polar surface area (TPSA) is 65.4 Å². The Bertz CT molecular complexity index is 1230. The summed E-state index contributed by atoms with van der Waals surface area (Å²) < 4.78 is 36.3. The predicted molar refractivity (Wildman–Crippen MR) is 120 cm³/mol. The van der Waals surface area contributed by atoms with Crippen LogP contribution in [0.5, 0.6) is 11.5 Å². The molecule has 1 amide bonds. The van der Waals surface area contributed by atoms with Gasteiger partial charge in [-0.1, -0.05) is 42.5 Å². The first-order chi connectivity index (χ1) is 16.0. The monoisotopic (exact) mass is 449 g/mol. The van der Waals surface area contributed by atoms with Gasteiger partial charge in [0.15, 0.2) is 12.4 Å². The number of rotatable bonds is 8. The lowest BCUT2D eigenvalue weighted by molar-refractivity contribution is -0.0498. The molecule has 168 valence electrons. The molecule has 6 nitrogen and oxygen atoms in total. The SMILES string of the molecule is Cc1cc(OC(F)F)ccc1NC(=O)c1ccn(COc2ccc(-c3ccccc3)cc2)n1. The van der Waals surface area contributed by atoms with Crippen LogP contribution in [0, 0.1) is 6.92 Å². The average Bonchev–Trinajstić information content (AvgIpc) is 3.29. The van der Waals surface area contributed by atoms with Gasteiger partial charge in [0.2, 0.25) is 0 Å². The number of carbonyl (C=O) groups is 1. The van der Waals surface area contributed by atoms with Crippen LogP contribution in [0.25, 0.3) is 11.1 Å².